The number of rotatable bonds is 7. The Morgan fingerprint density at radius 3 is 2.24 bits per heavy atom. The first kappa shape index (κ1) is 15.8. The number of ketones is 1. The first-order valence-corrected chi connectivity index (χ1v) is 8.22. The SMILES string of the molecule is CCCCc1cccc2cc(C(C)=O)cc(CCCC)c12. The zero-order valence-electron chi connectivity index (χ0n) is 13.5. The van der Waals surface area contributed by atoms with Gasteiger partial charge in [0.15, 0.2) is 5.78 Å². The summed E-state index contributed by atoms with van der Waals surface area (Å²) in [5, 5.41) is 2.62. The quantitative estimate of drug-likeness (QED) is 0.593. The maximum atomic E-state index is 11.8. The predicted molar refractivity (Wildman–Crippen MR) is 91.2 cm³/mol. The van der Waals surface area contributed by atoms with Crippen molar-refractivity contribution in [1.82, 2.24) is 0 Å². The minimum absolute atomic E-state index is 0.161. The van der Waals surface area contributed by atoms with Crippen molar-refractivity contribution < 1.29 is 4.79 Å². The number of fused-ring (bicyclic) bond motifs is 1. The molecule has 0 fully saturated rings. The van der Waals surface area contributed by atoms with E-state index in [-0.39, 0.29) is 5.78 Å². The minimum Gasteiger partial charge on any atom is -0.295 e. The van der Waals surface area contributed by atoms with Crippen molar-refractivity contribution in [2.75, 3.05) is 0 Å². The van der Waals surface area contributed by atoms with Crippen molar-refractivity contribution >= 4 is 16.6 Å². The Hall–Kier alpha value is -1.63. The summed E-state index contributed by atoms with van der Waals surface area (Å²) in [7, 11) is 0. The molecule has 0 saturated carbocycles. The summed E-state index contributed by atoms with van der Waals surface area (Å²) >= 11 is 0. The normalized spacial score (nSPS) is 11.0. The second kappa shape index (κ2) is 7.40. The van der Waals surface area contributed by atoms with E-state index in [4.69, 9.17) is 0 Å². The van der Waals surface area contributed by atoms with E-state index < -0.39 is 0 Å². The van der Waals surface area contributed by atoms with Gasteiger partial charge in [0.05, 0.1) is 0 Å². The van der Waals surface area contributed by atoms with Gasteiger partial charge in [-0.05, 0) is 66.6 Å². The molecule has 0 radical (unpaired) electrons. The van der Waals surface area contributed by atoms with E-state index in [9.17, 15) is 4.79 Å². The Labute approximate surface area is 128 Å². The maximum Gasteiger partial charge on any atom is 0.159 e. The molecular weight excluding hydrogens is 256 g/mol. The van der Waals surface area contributed by atoms with Gasteiger partial charge in [0.1, 0.15) is 0 Å². The number of carbonyl (C=O) groups excluding carboxylic acids is 1. The summed E-state index contributed by atoms with van der Waals surface area (Å²) < 4.78 is 0. The lowest BCUT2D eigenvalue weighted by Crippen LogP contribution is -1.99. The van der Waals surface area contributed by atoms with Crippen LogP contribution in [0.5, 0.6) is 0 Å². The Kier molecular flexibility index (Phi) is 5.55. The van der Waals surface area contributed by atoms with Gasteiger partial charge in [0, 0.05) is 5.56 Å². The van der Waals surface area contributed by atoms with Gasteiger partial charge in [-0.3, -0.25) is 4.79 Å². The van der Waals surface area contributed by atoms with Crippen LogP contribution in [0.2, 0.25) is 0 Å². The van der Waals surface area contributed by atoms with Crippen LogP contribution in [-0.2, 0) is 12.8 Å². The fourth-order valence-corrected chi connectivity index (χ4v) is 2.94. The number of hydrogen-bond donors (Lipinski definition) is 0. The molecule has 0 saturated heterocycles. The highest BCUT2D eigenvalue weighted by Gasteiger charge is 2.10. The molecule has 0 atom stereocenters. The van der Waals surface area contributed by atoms with Crippen LogP contribution in [-0.4, -0.2) is 5.78 Å². The lowest BCUT2D eigenvalue weighted by molar-refractivity contribution is 0.101. The minimum atomic E-state index is 0.161. The molecule has 0 unspecified atom stereocenters. The summed E-state index contributed by atoms with van der Waals surface area (Å²) in [4.78, 5) is 11.8. The van der Waals surface area contributed by atoms with E-state index in [1.54, 1.807) is 6.92 Å². The van der Waals surface area contributed by atoms with Gasteiger partial charge in [-0.15, -0.1) is 0 Å². The second-order valence-corrected chi connectivity index (χ2v) is 5.91. The Morgan fingerprint density at radius 2 is 1.62 bits per heavy atom. The van der Waals surface area contributed by atoms with Crippen LogP contribution in [0.3, 0.4) is 0 Å². The molecule has 0 aromatic heterocycles. The zero-order chi connectivity index (χ0) is 15.2. The number of Topliss-reactive ketones (excluding diaryl/α,β-unsaturated/α-hetero) is 1. The molecule has 112 valence electrons. The third kappa shape index (κ3) is 3.72. The lowest BCUT2D eigenvalue weighted by Gasteiger charge is -2.13. The zero-order valence-corrected chi connectivity index (χ0v) is 13.5. The van der Waals surface area contributed by atoms with E-state index >= 15 is 0 Å². The van der Waals surface area contributed by atoms with Crippen molar-refractivity contribution in [3.8, 4) is 0 Å². The van der Waals surface area contributed by atoms with Crippen LogP contribution in [0.15, 0.2) is 30.3 Å². The summed E-state index contributed by atoms with van der Waals surface area (Å²) in [6.07, 6.45) is 7.00. The van der Waals surface area contributed by atoms with Crippen molar-refractivity contribution in [3.05, 3.63) is 47.0 Å². The third-order valence-corrected chi connectivity index (χ3v) is 4.15. The molecule has 2 rings (SSSR count). The summed E-state index contributed by atoms with van der Waals surface area (Å²) in [5.74, 6) is 0.161. The Balaban J connectivity index is 2.57. The molecule has 0 bridgehead atoms. The smallest absolute Gasteiger partial charge is 0.159 e. The molecule has 0 heterocycles. The van der Waals surface area contributed by atoms with Gasteiger partial charge in [-0.1, -0.05) is 44.9 Å². The average Bonchev–Trinajstić information content (AvgIpc) is 2.49. The Morgan fingerprint density at radius 1 is 0.952 bits per heavy atom. The molecule has 21 heavy (non-hydrogen) atoms. The maximum absolute atomic E-state index is 11.8. The van der Waals surface area contributed by atoms with Crippen molar-refractivity contribution in [3.63, 3.8) is 0 Å². The molecule has 0 aliphatic carbocycles. The van der Waals surface area contributed by atoms with Crippen LogP contribution >= 0.6 is 0 Å². The summed E-state index contributed by atoms with van der Waals surface area (Å²) in [6, 6.07) is 10.7. The molecule has 0 amide bonds. The molecule has 1 heteroatoms. The molecule has 0 aliphatic rings. The van der Waals surface area contributed by atoms with Crippen LogP contribution < -0.4 is 0 Å². The van der Waals surface area contributed by atoms with Crippen LogP contribution in [0.25, 0.3) is 10.8 Å². The highest BCUT2D eigenvalue weighted by Crippen LogP contribution is 2.28. The molecule has 0 aliphatic heterocycles. The molecular formula is C20H26O. The largest absolute Gasteiger partial charge is 0.295 e. The molecule has 0 N–H and O–H groups in total. The molecule has 1 nitrogen and oxygen atoms in total. The molecule has 2 aromatic rings. The third-order valence-electron chi connectivity index (χ3n) is 4.15. The average molecular weight is 282 g/mol. The van der Waals surface area contributed by atoms with Crippen LogP contribution in [0.4, 0.5) is 0 Å². The highest BCUT2D eigenvalue weighted by atomic mass is 16.1. The van der Waals surface area contributed by atoms with Crippen molar-refractivity contribution in [1.29, 1.82) is 0 Å². The van der Waals surface area contributed by atoms with Gasteiger partial charge < -0.3 is 0 Å². The van der Waals surface area contributed by atoms with E-state index in [2.05, 4.69) is 44.2 Å². The number of aryl methyl sites for hydroxylation is 2. The van der Waals surface area contributed by atoms with Crippen molar-refractivity contribution in [2.45, 2.75) is 59.3 Å². The van der Waals surface area contributed by atoms with Gasteiger partial charge in [-0.25, -0.2) is 0 Å². The monoisotopic (exact) mass is 282 g/mol. The van der Waals surface area contributed by atoms with Gasteiger partial charge in [0.25, 0.3) is 0 Å². The number of hydrogen-bond acceptors (Lipinski definition) is 1. The second-order valence-electron chi connectivity index (χ2n) is 5.91. The number of carbonyl (C=O) groups is 1. The topological polar surface area (TPSA) is 17.1 Å². The Bertz CT molecular complexity index is 625. The number of benzene rings is 2. The lowest BCUT2D eigenvalue weighted by atomic mass is 9.91. The molecule has 0 spiro atoms. The van der Waals surface area contributed by atoms with Crippen molar-refractivity contribution in [2.24, 2.45) is 0 Å². The molecule has 2 aromatic carbocycles. The van der Waals surface area contributed by atoms with Gasteiger partial charge in [0.2, 0.25) is 0 Å². The number of unbranched alkanes of at least 4 members (excludes halogenated alkanes) is 2. The summed E-state index contributed by atoms with van der Waals surface area (Å²) in [5.41, 5.74) is 3.64. The van der Waals surface area contributed by atoms with Crippen LogP contribution in [0, 0.1) is 0 Å². The van der Waals surface area contributed by atoms with E-state index in [1.165, 1.54) is 47.6 Å². The van der Waals surface area contributed by atoms with Crippen LogP contribution in [0.1, 0.15) is 67.9 Å². The van der Waals surface area contributed by atoms with Gasteiger partial charge in [-0.2, -0.15) is 0 Å². The first-order chi connectivity index (χ1) is 10.2. The van der Waals surface area contributed by atoms with E-state index in [1.807, 2.05) is 0 Å². The fourth-order valence-electron chi connectivity index (χ4n) is 2.94. The fraction of sp³-hybridized carbons (Fsp3) is 0.450. The van der Waals surface area contributed by atoms with E-state index in [0.717, 1.165) is 18.4 Å². The van der Waals surface area contributed by atoms with E-state index in [0.29, 0.717) is 0 Å². The first-order valence-electron chi connectivity index (χ1n) is 8.22. The van der Waals surface area contributed by atoms with Gasteiger partial charge >= 0.3 is 0 Å². The predicted octanol–water partition coefficient (Wildman–Crippen LogP) is 5.73. The highest BCUT2D eigenvalue weighted by molar-refractivity contribution is 6.00. The standard InChI is InChI=1S/C20H26O/c1-4-6-9-16-11-8-12-18-14-19(15(3)21)13-17(20(16)18)10-7-5-2/h8,11-14H,4-7,9-10H2,1-3H3. The summed E-state index contributed by atoms with van der Waals surface area (Å²) in [6.45, 7) is 6.11.